The van der Waals surface area contributed by atoms with Gasteiger partial charge in [0.1, 0.15) is 0 Å². The van der Waals surface area contributed by atoms with Gasteiger partial charge in [-0.3, -0.25) is 0 Å². The first-order valence-electron chi connectivity index (χ1n) is 5.52. The molecule has 0 fully saturated rings. The predicted molar refractivity (Wildman–Crippen MR) is 70.7 cm³/mol. The van der Waals surface area contributed by atoms with E-state index in [0.29, 0.717) is 15.0 Å². The van der Waals surface area contributed by atoms with Crippen molar-refractivity contribution in [2.24, 2.45) is 0 Å². The van der Waals surface area contributed by atoms with Gasteiger partial charge in [-0.15, -0.1) is 0 Å². The summed E-state index contributed by atoms with van der Waals surface area (Å²) in [6.45, 7) is 0. The molecule has 17 heavy (non-hydrogen) atoms. The Labute approximate surface area is 108 Å². The fourth-order valence-corrected chi connectivity index (χ4v) is 3.64. The van der Waals surface area contributed by atoms with Crippen LogP contribution in [0.2, 0.25) is 5.32 Å². The van der Waals surface area contributed by atoms with E-state index in [4.69, 9.17) is 0 Å². The van der Waals surface area contributed by atoms with Crippen molar-refractivity contribution in [2.45, 2.75) is 11.4 Å². The van der Waals surface area contributed by atoms with E-state index in [-0.39, 0.29) is 6.04 Å². The Hall–Kier alpha value is -1.12. The van der Waals surface area contributed by atoms with Crippen molar-refractivity contribution < 1.29 is 5.21 Å². The molecular formula is C14H15NOSe. The van der Waals surface area contributed by atoms with E-state index in [2.05, 4.69) is 29.7 Å². The van der Waals surface area contributed by atoms with Gasteiger partial charge in [0, 0.05) is 0 Å². The molecule has 88 valence electrons. The number of hydroxylamine groups is 1. The SMILES string of the molecule is ONC(C[Se]c1ccccc1)c1ccccc1. The molecule has 0 saturated carbocycles. The molecule has 3 heteroatoms. The third-order valence-electron chi connectivity index (χ3n) is 2.52. The van der Waals surface area contributed by atoms with Gasteiger partial charge < -0.3 is 0 Å². The van der Waals surface area contributed by atoms with Crippen LogP contribution in [0.15, 0.2) is 60.7 Å². The van der Waals surface area contributed by atoms with Crippen LogP contribution < -0.4 is 9.94 Å². The summed E-state index contributed by atoms with van der Waals surface area (Å²) < 4.78 is 1.36. The minimum absolute atomic E-state index is 0.0245. The van der Waals surface area contributed by atoms with Crippen molar-refractivity contribution in [1.29, 1.82) is 0 Å². The fraction of sp³-hybridized carbons (Fsp3) is 0.143. The summed E-state index contributed by atoms with van der Waals surface area (Å²) in [7, 11) is 0. The van der Waals surface area contributed by atoms with Crippen molar-refractivity contribution in [2.75, 3.05) is 0 Å². The van der Waals surface area contributed by atoms with Crippen molar-refractivity contribution in [1.82, 2.24) is 5.48 Å². The van der Waals surface area contributed by atoms with Gasteiger partial charge in [0.25, 0.3) is 0 Å². The van der Waals surface area contributed by atoms with Crippen LogP contribution in [0.4, 0.5) is 0 Å². The van der Waals surface area contributed by atoms with Gasteiger partial charge in [0.2, 0.25) is 0 Å². The third kappa shape index (κ3) is 3.69. The van der Waals surface area contributed by atoms with Gasteiger partial charge in [0.15, 0.2) is 0 Å². The second kappa shape index (κ2) is 6.57. The van der Waals surface area contributed by atoms with Crippen molar-refractivity contribution in [3.8, 4) is 0 Å². The van der Waals surface area contributed by atoms with Crippen LogP contribution >= 0.6 is 0 Å². The van der Waals surface area contributed by atoms with Gasteiger partial charge in [-0.1, -0.05) is 0 Å². The first-order valence-corrected chi connectivity index (χ1v) is 7.59. The van der Waals surface area contributed by atoms with Crippen LogP contribution in [-0.2, 0) is 0 Å². The normalized spacial score (nSPS) is 12.3. The number of hydrogen-bond donors (Lipinski definition) is 2. The molecule has 0 radical (unpaired) electrons. The first kappa shape index (κ1) is 12.3. The zero-order chi connectivity index (χ0) is 11.9. The van der Waals surface area contributed by atoms with E-state index < -0.39 is 0 Å². The third-order valence-corrected chi connectivity index (χ3v) is 4.84. The summed E-state index contributed by atoms with van der Waals surface area (Å²) in [6.07, 6.45) is 0. The number of rotatable bonds is 5. The van der Waals surface area contributed by atoms with Crippen LogP contribution in [0.3, 0.4) is 0 Å². The summed E-state index contributed by atoms with van der Waals surface area (Å²) in [5.74, 6) is 0. The topological polar surface area (TPSA) is 32.3 Å². The monoisotopic (exact) mass is 293 g/mol. The molecule has 0 aliphatic carbocycles. The molecule has 2 nitrogen and oxygen atoms in total. The van der Waals surface area contributed by atoms with E-state index in [9.17, 15) is 5.21 Å². The van der Waals surface area contributed by atoms with Gasteiger partial charge in [-0.25, -0.2) is 0 Å². The van der Waals surface area contributed by atoms with E-state index in [1.165, 1.54) is 4.46 Å². The average molecular weight is 292 g/mol. The molecular weight excluding hydrogens is 277 g/mol. The molecule has 2 aromatic rings. The van der Waals surface area contributed by atoms with Gasteiger partial charge in [-0.2, -0.15) is 0 Å². The molecule has 0 aliphatic rings. The minimum atomic E-state index is 0.0245. The van der Waals surface area contributed by atoms with Crippen LogP contribution in [0.25, 0.3) is 0 Å². The van der Waals surface area contributed by atoms with E-state index >= 15 is 0 Å². The van der Waals surface area contributed by atoms with E-state index in [0.717, 1.165) is 10.9 Å². The van der Waals surface area contributed by atoms with E-state index in [1.54, 1.807) is 0 Å². The maximum atomic E-state index is 9.22. The molecule has 0 spiro atoms. The van der Waals surface area contributed by atoms with Gasteiger partial charge in [0.05, 0.1) is 0 Å². The Kier molecular flexibility index (Phi) is 4.77. The second-order valence-electron chi connectivity index (χ2n) is 3.72. The van der Waals surface area contributed by atoms with Gasteiger partial charge >= 0.3 is 108 Å². The van der Waals surface area contributed by atoms with Gasteiger partial charge in [-0.05, 0) is 0 Å². The molecule has 1 unspecified atom stereocenters. The van der Waals surface area contributed by atoms with Crippen LogP contribution in [0.1, 0.15) is 11.6 Å². The van der Waals surface area contributed by atoms with Crippen LogP contribution in [0, 0.1) is 0 Å². The molecule has 0 bridgehead atoms. The predicted octanol–water partition coefficient (Wildman–Crippen LogP) is 2.15. The molecule has 0 aliphatic heterocycles. The fourth-order valence-electron chi connectivity index (χ4n) is 1.59. The molecule has 0 amide bonds. The quantitative estimate of drug-likeness (QED) is 0.654. The van der Waals surface area contributed by atoms with Crippen molar-refractivity contribution >= 4 is 19.4 Å². The Bertz CT molecular complexity index is 432. The van der Waals surface area contributed by atoms with Crippen molar-refractivity contribution in [3.05, 3.63) is 66.2 Å². The standard InChI is InChI=1S/C14H15NOSe/c16-15-14(12-7-3-1-4-8-12)11-17-13-9-5-2-6-10-13/h1-10,14-16H,11H2. The summed E-state index contributed by atoms with van der Waals surface area (Å²) in [5, 5.41) is 10.2. The molecule has 0 heterocycles. The summed E-state index contributed by atoms with van der Waals surface area (Å²) in [4.78, 5) is 0. The number of benzene rings is 2. The van der Waals surface area contributed by atoms with Crippen LogP contribution in [-0.4, -0.2) is 20.2 Å². The second-order valence-corrected chi connectivity index (χ2v) is 6.01. The summed E-state index contributed by atoms with van der Waals surface area (Å²) in [6, 6.07) is 20.5. The first-order chi connectivity index (χ1) is 8.40. The molecule has 2 aromatic carbocycles. The number of nitrogens with one attached hydrogen (secondary N) is 1. The number of hydrogen-bond acceptors (Lipinski definition) is 2. The maximum absolute atomic E-state index is 9.22. The molecule has 1 atom stereocenters. The zero-order valence-electron chi connectivity index (χ0n) is 9.41. The molecule has 2 N–H and O–H groups in total. The Morgan fingerprint density at radius 1 is 0.941 bits per heavy atom. The van der Waals surface area contributed by atoms with Crippen LogP contribution in [0.5, 0.6) is 0 Å². The van der Waals surface area contributed by atoms with Crippen molar-refractivity contribution in [3.63, 3.8) is 0 Å². The Balaban J connectivity index is 1.97. The summed E-state index contributed by atoms with van der Waals surface area (Å²) >= 11 is 0.373. The molecule has 2 rings (SSSR count). The Morgan fingerprint density at radius 3 is 2.12 bits per heavy atom. The Morgan fingerprint density at radius 2 is 1.53 bits per heavy atom. The molecule has 0 saturated heterocycles. The zero-order valence-corrected chi connectivity index (χ0v) is 11.1. The average Bonchev–Trinajstić information content (AvgIpc) is 2.42. The van der Waals surface area contributed by atoms with E-state index in [1.807, 2.05) is 36.4 Å². The summed E-state index contributed by atoms with van der Waals surface area (Å²) in [5.41, 5.74) is 3.54. The molecule has 0 aromatic heterocycles.